The number of nitrogens with zero attached hydrogens (tertiary/aromatic N) is 1. The van der Waals surface area contributed by atoms with Crippen LogP contribution in [0.25, 0.3) is 0 Å². The number of urea groups is 1. The summed E-state index contributed by atoms with van der Waals surface area (Å²) in [4.78, 5) is 16.1. The maximum atomic E-state index is 12.1. The van der Waals surface area contributed by atoms with E-state index in [-0.39, 0.29) is 12.1 Å². The standard InChI is InChI=1S/C17H23N3O3S/c1-4-13(5-2)19-17(21)20-14-6-7-15(12(8-14)10-22-3)23-16-9-18-11-24-16/h6-9,11,13H,4-5,10H2,1-3H3,(H2,19,20,21). The minimum atomic E-state index is -0.205. The third-order valence-corrected chi connectivity index (χ3v) is 4.21. The fraction of sp³-hybridized carbons (Fsp3) is 0.412. The number of rotatable bonds is 8. The lowest BCUT2D eigenvalue weighted by Crippen LogP contribution is -2.37. The Morgan fingerprint density at radius 3 is 2.75 bits per heavy atom. The summed E-state index contributed by atoms with van der Waals surface area (Å²) in [5.41, 5.74) is 3.26. The second kappa shape index (κ2) is 9.24. The molecule has 0 radical (unpaired) electrons. The number of benzene rings is 1. The maximum Gasteiger partial charge on any atom is 0.319 e. The first-order chi connectivity index (χ1) is 11.7. The maximum absolute atomic E-state index is 12.1. The normalized spacial score (nSPS) is 10.7. The first-order valence-corrected chi connectivity index (χ1v) is 8.79. The predicted molar refractivity (Wildman–Crippen MR) is 95.9 cm³/mol. The van der Waals surface area contributed by atoms with E-state index in [1.165, 1.54) is 11.3 Å². The van der Waals surface area contributed by atoms with Crippen molar-refractivity contribution in [2.45, 2.75) is 39.3 Å². The zero-order valence-corrected chi connectivity index (χ0v) is 15.0. The van der Waals surface area contributed by atoms with Gasteiger partial charge in [0.25, 0.3) is 0 Å². The van der Waals surface area contributed by atoms with Gasteiger partial charge in [0.2, 0.25) is 5.06 Å². The first-order valence-electron chi connectivity index (χ1n) is 7.92. The second-order valence-corrected chi connectivity index (χ2v) is 6.14. The van der Waals surface area contributed by atoms with Crippen molar-refractivity contribution in [3.8, 4) is 10.8 Å². The van der Waals surface area contributed by atoms with E-state index in [0.717, 1.165) is 18.4 Å². The van der Waals surface area contributed by atoms with Gasteiger partial charge in [-0.3, -0.25) is 0 Å². The molecule has 0 bridgehead atoms. The molecule has 0 spiro atoms. The van der Waals surface area contributed by atoms with Crippen molar-refractivity contribution < 1.29 is 14.3 Å². The zero-order chi connectivity index (χ0) is 17.4. The summed E-state index contributed by atoms with van der Waals surface area (Å²) in [5, 5.41) is 6.51. The highest BCUT2D eigenvalue weighted by atomic mass is 32.1. The number of methoxy groups -OCH3 is 1. The molecule has 7 heteroatoms. The third kappa shape index (κ3) is 5.21. The fourth-order valence-corrected chi connectivity index (χ4v) is 2.72. The minimum absolute atomic E-state index is 0.178. The van der Waals surface area contributed by atoms with E-state index in [4.69, 9.17) is 9.47 Å². The molecule has 6 nitrogen and oxygen atoms in total. The van der Waals surface area contributed by atoms with Crippen LogP contribution in [-0.2, 0) is 11.3 Å². The number of carbonyl (C=O) groups excluding carboxylic acids is 1. The topological polar surface area (TPSA) is 72.5 Å². The molecule has 0 aliphatic heterocycles. The lowest BCUT2D eigenvalue weighted by atomic mass is 10.1. The van der Waals surface area contributed by atoms with E-state index in [1.54, 1.807) is 18.8 Å². The van der Waals surface area contributed by atoms with Crippen LogP contribution in [0.3, 0.4) is 0 Å². The van der Waals surface area contributed by atoms with Gasteiger partial charge in [-0.2, -0.15) is 0 Å². The summed E-state index contributed by atoms with van der Waals surface area (Å²) in [6.07, 6.45) is 3.47. The van der Waals surface area contributed by atoms with Gasteiger partial charge in [-0.15, -0.1) is 0 Å². The molecule has 1 heterocycles. The Morgan fingerprint density at radius 2 is 2.12 bits per heavy atom. The molecule has 0 atom stereocenters. The lowest BCUT2D eigenvalue weighted by molar-refractivity contribution is 0.182. The molecule has 2 aromatic rings. The minimum Gasteiger partial charge on any atom is -0.445 e. The highest BCUT2D eigenvalue weighted by molar-refractivity contribution is 7.11. The van der Waals surface area contributed by atoms with Crippen LogP contribution in [0.4, 0.5) is 10.5 Å². The summed E-state index contributed by atoms with van der Waals surface area (Å²) >= 11 is 1.42. The fourth-order valence-electron chi connectivity index (χ4n) is 2.23. The van der Waals surface area contributed by atoms with Crippen LogP contribution in [-0.4, -0.2) is 24.2 Å². The van der Waals surface area contributed by atoms with Crippen LogP contribution in [0.15, 0.2) is 29.9 Å². The molecule has 0 unspecified atom stereocenters. The van der Waals surface area contributed by atoms with E-state index in [0.29, 0.717) is 23.1 Å². The number of anilines is 1. The van der Waals surface area contributed by atoms with Gasteiger partial charge in [-0.25, -0.2) is 9.78 Å². The van der Waals surface area contributed by atoms with Gasteiger partial charge in [-0.05, 0) is 31.0 Å². The number of amides is 2. The summed E-state index contributed by atoms with van der Waals surface area (Å²) in [7, 11) is 1.62. The number of thiazole rings is 1. The number of hydrogen-bond acceptors (Lipinski definition) is 5. The van der Waals surface area contributed by atoms with E-state index >= 15 is 0 Å². The number of aromatic nitrogens is 1. The Balaban J connectivity index is 2.08. The van der Waals surface area contributed by atoms with Gasteiger partial charge in [0, 0.05) is 24.4 Å². The quantitative estimate of drug-likeness (QED) is 0.741. The van der Waals surface area contributed by atoms with Crippen LogP contribution in [0, 0.1) is 0 Å². The highest BCUT2D eigenvalue weighted by Crippen LogP contribution is 2.30. The van der Waals surface area contributed by atoms with E-state index in [2.05, 4.69) is 29.5 Å². The van der Waals surface area contributed by atoms with Crippen LogP contribution in [0.5, 0.6) is 10.8 Å². The van der Waals surface area contributed by atoms with Crippen LogP contribution < -0.4 is 15.4 Å². The molecule has 2 amide bonds. The highest BCUT2D eigenvalue weighted by Gasteiger charge is 2.11. The van der Waals surface area contributed by atoms with Gasteiger partial charge in [0.15, 0.2) is 0 Å². The first kappa shape index (κ1) is 18.2. The van der Waals surface area contributed by atoms with Crippen molar-refractivity contribution in [2.24, 2.45) is 0 Å². The SMILES string of the molecule is CCC(CC)NC(=O)Nc1ccc(Oc2cncs2)c(COC)c1. The average molecular weight is 349 g/mol. The van der Waals surface area contributed by atoms with Crippen molar-refractivity contribution in [1.29, 1.82) is 0 Å². The third-order valence-electron chi connectivity index (χ3n) is 3.56. The van der Waals surface area contributed by atoms with Crippen LogP contribution in [0.2, 0.25) is 0 Å². The molecular formula is C17H23N3O3S. The number of ether oxygens (including phenoxy) is 2. The largest absolute Gasteiger partial charge is 0.445 e. The molecule has 1 aromatic carbocycles. The van der Waals surface area contributed by atoms with E-state index in [9.17, 15) is 4.79 Å². The van der Waals surface area contributed by atoms with Gasteiger partial charge in [-0.1, -0.05) is 25.2 Å². The van der Waals surface area contributed by atoms with Crippen molar-refractivity contribution in [3.05, 3.63) is 35.5 Å². The Morgan fingerprint density at radius 1 is 1.33 bits per heavy atom. The molecule has 2 rings (SSSR count). The molecular weight excluding hydrogens is 326 g/mol. The van der Waals surface area contributed by atoms with Crippen LogP contribution >= 0.6 is 11.3 Å². The Labute approximate surface area is 146 Å². The Hall–Kier alpha value is -2.12. The van der Waals surface area contributed by atoms with Crippen LogP contribution in [0.1, 0.15) is 32.3 Å². The number of nitrogens with one attached hydrogen (secondary N) is 2. The summed E-state index contributed by atoms with van der Waals surface area (Å²) in [6, 6.07) is 5.45. The smallest absolute Gasteiger partial charge is 0.319 e. The van der Waals surface area contributed by atoms with E-state index in [1.807, 2.05) is 18.2 Å². The molecule has 1 aromatic heterocycles. The molecule has 24 heavy (non-hydrogen) atoms. The van der Waals surface area contributed by atoms with Gasteiger partial charge < -0.3 is 20.1 Å². The molecule has 0 fully saturated rings. The molecule has 0 saturated carbocycles. The van der Waals surface area contributed by atoms with Gasteiger partial charge in [0.1, 0.15) is 5.75 Å². The summed E-state index contributed by atoms with van der Waals surface area (Å²) in [5.74, 6) is 0.687. The predicted octanol–water partition coefficient (Wildman–Crippen LogP) is 4.39. The monoisotopic (exact) mass is 349 g/mol. The Kier molecular flexibility index (Phi) is 7.02. The van der Waals surface area contributed by atoms with E-state index < -0.39 is 0 Å². The summed E-state index contributed by atoms with van der Waals surface area (Å²) in [6.45, 7) is 4.49. The van der Waals surface area contributed by atoms with Gasteiger partial charge >= 0.3 is 6.03 Å². The molecule has 0 aliphatic rings. The lowest BCUT2D eigenvalue weighted by Gasteiger charge is -2.16. The Bertz CT molecular complexity index is 643. The summed E-state index contributed by atoms with van der Waals surface area (Å²) < 4.78 is 11.0. The molecule has 0 aliphatic carbocycles. The number of hydrogen-bond donors (Lipinski definition) is 2. The molecule has 130 valence electrons. The molecule has 2 N–H and O–H groups in total. The van der Waals surface area contributed by atoms with Gasteiger partial charge in [0.05, 0.1) is 18.3 Å². The average Bonchev–Trinajstić information content (AvgIpc) is 3.08. The van der Waals surface area contributed by atoms with Crippen molar-refractivity contribution in [2.75, 3.05) is 12.4 Å². The van der Waals surface area contributed by atoms with Crippen molar-refractivity contribution >= 4 is 23.1 Å². The van der Waals surface area contributed by atoms with Crippen molar-refractivity contribution in [3.63, 3.8) is 0 Å². The second-order valence-electron chi connectivity index (χ2n) is 5.29. The van der Waals surface area contributed by atoms with Crippen molar-refractivity contribution in [1.82, 2.24) is 10.3 Å². The zero-order valence-electron chi connectivity index (χ0n) is 14.2. The molecule has 0 saturated heterocycles. The number of carbonyl (C=O) groups is 1.